The van der Waals surface area contributed by atoms with Gasteiger partial charge in [-0.3, -0.25) is 9.78 Å². The molecule has 6 nitrogen and oxygen atoms in total. The first-order chi connectivity index (χ1) is 13.3. The van der Waals surface area contributed by atoms with E-state index in [4.69, 9.17) is 15.7 Å². The molecule has 1 aromatic heterocycles. The second-order valence-electron chi connectivity index (χ2n) is 6.39. The largest absolute Gasteiger partial charge is 0.490 e. The van der Waals surface area contributed by atoms with Gasteiger partial charge in [0.05, 0.1) is 17.2 Å². The van der Waals surface area contributed by atoms with Crippen LogP contribution in [0.1, 0.15) is 34.5 Å². The van der Waals surface area contributed by atoms with Crippen LogP contribution in [0.5, 0.6) is 5.75 Å². The van der Waals surface area contributed by atoms with E-state index >= 15 is 0 Å². The van der Waals surface area contributed by atoms with Crippen LogP contribution < -0.4 is 15.4 Å². The van der Waals surface area contributed by atoms with Crippen molar-refractivity contribution in [1.82, 2.24) is 4.98 Å². The Hall–Kier alpha value is -3.28. The standard InChI is InChI=1S/C19H17F3N4O2/c20-19(21,22)15-9-12(11-23)1-2-17(15)26-7-4-13(5-8-26)28-14-3-6-25-16(10-14)18(24)27/h1-3,6,9-10,13H,4-5,7-8H2,(H2,24,27). The zero-order valence-corrected chi connectivity index (χ0v) is 14.7. The number of carbonyl (C=O) groups is 1. The molecule has 0 radical (unpaired) electrons. The van der Waals surface area contributed by atoms with Crippen molar-refractivity contribution in [3.05, 3.63) is 53.3 Å². The summed E-state index contributed by atoms with van der Waals surface area (Å²) in [5.41, 5.74) is 4.49. The first kappa shape index (κ1) is 19.5. The van der Waals surface area contributed by atoms with E-state index < -0.39 is 17.6 Å². The van der Waals surface area contributed by atoms with E-state index in [1.54, 1.807) is 17.0 Å². The van der Waals surface area contributed by atoms with Crippen LogP contribution >= 0.6 is 0 Å². The number of nitrogens with two attached hydrogens (primary N) is 1. The molecule has 0 aliphatic carbocycles. The molecule has 0 spiro atoms. The van der Waals surface area contributed by atoms with E-state index in [0.717, 1.165) is 6.07 Å². The molecule has 2 N–H and O–H groups in total. The number of piperidine rings is 1. The molecule has 3 rings (SSSR count). The summed E-state index contributed by atoms with van der Waals surface area (Å²) in [5, 5.41) is 8.88. The molecule has 2 aromatic rings. The van der Waals surface area contributed by atoms with Crippen LogP contribution in [0.25, 0.3) is 0 Å². The molecule has 1 amide bonds. The highest BCUT2D eigenvalue weighted by Gasteiger charge is 2.36. The van der Waals surface area contributed by atoms with Crippen LogP contribution in [0.2, 0.25) is 0 Å². The monoisotopic (exact) mass is 390 g/mol. The Balaban J connectivity index is 1.70. The number of ether oxygens (including phenoxy) is 1. The molecule has 9 heteroatoms. The molecular weight excluding hydrogens is 373 g/mol. The van der Waals surface area contributed by atoms with Gasteiger partial charge < -0.3 is 15.4 Å². The summed E-state index contributed by atoms with van der Waals surface area (Å²) in [6, 6.07) is 8.38. The number of halogens is 3. The van der Waals surface area contributed by atoms with Gasteiger partial charge >= 0.3 is 6.18 Å². The fraction of sp³-hybridized carbons (Fsp3) is 0.316. The average Bonchev–Trinajstić information content (AvgIpc) is 2.67. The number of carbonyl (C=O) groups excluding carboxylic acids is 1. The van der Waals surface area contributed by atoms with Gasteiger partial charge in [0.25, 0.3) is 5.91 Å². The highest BCUT2D eigenvalue weighted by atomic mass is 19.4. The van der Waals surface area contributed by atoms with Crippen molar-refractivity contribution in [1.29, 1.82) is 5.26 Å². The first-order valence-corrected chi connectivity index (χ1v) is 8.56. The predicted molar refractivity (Wildman–Crippen MR) is 94.8 cm³/mol. The fourth-order valence-corrected chi connectivity index (χ4v) is 3.13. The van der Waals surface area contributed by atoms with Gasteiger partial charge in [-0.05, 0) is 24.3 Å². The number of alkyl halides is 3. The summed E-state index contributed by atoms with van der Waals surface area (Å²) in [6.07, 6.45) is -2.32. The zero-order valence-electron chi connectivity index (χ0n) is 14.7. The summed E-state index contributed by atoms with van der Waals surface area (Å²) in [5.74, 6) is -0.225. The maximum absolute atomic E-state index is 13.4. The maximum atomic E-state index is 13.4. The average molecular weight is 390 g/mol. The van der Waals surface area contributed by atoms with Gasteiger partial charge in [0, 0.05) is 43.9 Å². The van der Waals surface area contributed by atoms with E-state index in [-0.39, 0.29) is 23.0 Å². The van der Waals surface area contributed by atoms with Crippen molar-refractivity contribution in [3.63, 3.8) is 0 Å². The molecule has 0 unspecified atom stereocenters. The summed E-state index contributed by atoms with van der Waals surface area (Å²) in [4.78, 5) is 16.7. The summed E-state index contributed by atoms with van der Waals surface area (Å²) in [7, 11) is 0. The predicted octanol–water partition coefficient (Wildman–Crippen LogP) is 3.12. The smallest absolute Gasteiger partial charge is 0.418 e. The van der Waals surface area contributed by atoms with Crippen LogP contribution in [0.3, 0.4) is 0 Å². The highest BCUT2D eigenvalue weighted by Crippen LogP contribution is 2.38. The molecule has 2 heterocycles. The van der Waals surface area contributed by atoms with Gasteiger partial charge in [-0.2, -0.15) is 18.4 Å². The van der Waals surface area contributed by atoms with Gasteiger partial charge in [0.2, 0.25) is 0 Å². The van der Waals surface area contributed by atoms with E-state index in [0.29, 0.717) is 31.7 Å². The highest BCUT2D eigenvalue weighted by molar-refractivity contribution is 5.91. The Morgan fingerprint density at radius 1 is 1.25 bits per heavy atom. The molecule has 146 valence electrons. The Morgan fingerprint density at radius 3 is 2.57 bits per heavy atom. The number of hydrogen-bond acceptors (Lipinski definition) is 5. The van der Waals surface area contributed by atoms with Crippen molar-refractivity contribution in [2.75, 3.05) is 18.0 Å². The lowest BCUT2D eigenvalue weighted by atomic mass is 10.0. The molecule has 1 aliphatic rings. The molecule has 1 aromatic carbocycles. The van der Waals surface area contributed by atoms with Gasteiger partial charge in [-0.1, -0.05) is 0 Å². The van der Waals surface area contributed by atoms with Crippen molar-refractivity contribution in [3.8, 4) is 11.8 Å². The topological polar surface area (TPSA) is 92.2 Å². The second kappa shape index (κ2) is 7.76. The number of aromatic nitrogens is 1. The van der Waals surface area contributed by atoms with Gasteiger partial charge in [-0.25, -0.2) is 0 Å². The second-order valence-corrected chi connectivity index (χ2v) is 6.39. The number of nitrogens with zero attached hydrogens (tertiary/aromatic N) is 3. The third-order valence-corrected chi connectivity index (χ3v) is 4.50. The lowest BCUT2D eigenvalue weighted by Gasteiger charge is -2.35. The molecule has 1 aliphatic heterocycles. The molecule has 1 fully saturated rings. The van der Waals surface area contributed by atoms with Crippen molar-refractivity contribution in [2.45, 2.75) is 25.1 Å². The fourth-order valence-electron chi connectivity index (χ4n) is 3.13. The first-order valence-electron chi connectivity index (χ1n) is 8.56. The molecule has 28 heavy (non-hydrogen) atoms. The number of benzene rings is 1. The zero-order chi connectivity index (χ0) is 20.3. The van der Waals surface area contributed by atoms with E-state index in [2.05, 4.69) is 4.98 Å². The Bertz CT molecular complexity index is 916. The molecular formula is C19H17F3N4O2. The van der Waals surface area contributed by atoms with E-state index in [1.165, 1.54) is 24.4 Å². The molecule has 1 saturated heterocycles. The minimum atomic E-state index is -4.54. The van der Waals surface area contributed by atoms with Crippen LogP contribution in [0.15, 0.2) is 36.5 Å². The Morgan fingerprint density at radius 2 is 1.96 bits per heavy atom. The third kappa shape index (κ3) is 4.34. The number of pyridine rings is 1. The Labute approximate surface area is 159 Å². The van der Waals surface area contributed by atoms with Crippen molar-refractivity contribution in [2.24, 2.45) is 5.73 Å². The Kier molecular flexibility index (Phi) is 5.40. The molecule has 0 saturated carbocycles. The summed E-state index contributed by atoms with van der Waals surface area (Å²) >= 11 is 0. The lowest BCUT2D eigenvalue weighted by Crippen LogP contribution is -2.39. The minimum absolute atomic E-state index is 0.0303. The quantitative estimate of drug-likeness (QED) is 0.866. The maximum Gasteiger partial charge on any atom is 0.418 e. The van der Waals surface area contributed by atoms with Gasteiger partial charge in [0.15, 0.2) is 0 Å². The van der Waals surface area contributed by atoms with Gasteiger partial charge in [-0.15, -0.1) is 0 Å². The van der Waals surface area contributed by atoms with Gasteiger partial charge in [0.1, 0.15) is 17.5 Å². The number of anilines is 1. The number of rotatable bonds is 4. The molecule has 0 bridgehead atoms. The lowest BCUT2D eigenvalue weighted by molar-refractivity contribution is -0.137. The number of hydrogen-bond donors (Lipinski definition) is 1. The summed E-state index contributed by atoms with van der Waals surface area (Å²) in [6.45, 7) is 0.737. The van der Waals surface area contributed by atoms with Crippen LogP contribution in [-0.4, -0.2) is 30.1 Å². The van der Waals surface area contributed by atoms with E-state index in [1.807, 2.05) is 0 Å². The number of nitriles is 1. The van der Waals surface area contributed by atoms with Crippen molar-refractivity contribution >= 4 is 11.6 Å². The normalized spacial score (nSPS) is 15.1. The summed E-state index contributed by atoms with van der Waals surface area (Å²) < 4.78 is 46.0. The van der Waals surface area contributed by atoms with Crippen LogP contribution in [0, 0.1) is 11.3 Å². The number of amides is 1. The minimum Gasteiger partial charge on any atom is -0.490 e. The van der Waals surface area contributed by atoms with Crippen LogP contribution in [-0.2, 0) is 6.18 Å². The van der Waals surface area contributed by atoms with E-state index in [9.17, 15) is 18.0 Å². The molecule has 0 atom stereocenters. The SMILES string of the molecule is N#Cc1ccc(N2CCC(Oc3ccnc(C(N)=O)c3)CC2)c(C(F)(F)F)c1. The number of primary amides is 1. The van der Waals surface area contributed by atoms with Crippen LogP contribution in [0.4, 0.5) is 18.9 Å². The third-order valence-electron chi connectivity index (χ3n) is 4.50. The van der Waals surface area contributed by atoms with Crippen molar-refractivity contribution < 1.29 is 22.7 Å².